The standard InChI is InChI=1S/C22H21IN2O3S.C2H4O2/c1-28-18-12-14(11-17(23)20(18)26)13-19-21(27)25(16-9-5-6-10-16)22(29-19)24-15-7-3-2-4-8-15;1-2(3)4/h2-4,7-8,11-13,16,26H,5-6,9-10H2,1H3;1H3,(H,3,4)/b19-13+,24-22?;. The fraction of sp³-hybridized carbons (Fsp3) is 0.292. The Labute approximate surface area is 210 Å². The highest BCUT2D eigenvalue weighted by atomic mass is 127. The third kappa shape index (κ3) is 6.50. The van der Waals surface area contributed by atoms with Gasteiger partial charge in [0.15, 0.2) is 16.7 Å². The normalized spacial score (nSPS) is 18.5. The van der Waals surface area contributed by atoms with Crippen LogP contribution in [0.25, 0.3) is 6.08 Å². The third-order valence-corrected chi connectivity index (χ3v) is 6.88. The monoisotopic (exact) mass is 580 g/mol. The van der Waals surface area contributed by atoms with Gasteiger partial charge in [-0.3, -0.25) is 14.5 Å². The fourth-order valence-electron chi connectivity index (χ4n) is 3.65. The second kappa shape index (κ2) is 11.6. The van der Waals surface area contributed by atoms with Crippen molar-refractivity contribution in [2.75, 3.05) is 7.11 Å². The van der Waals surface area contributed by atoms with Crippen LogP contribution < -0.4 is 4.74 Å². The maximum atomic E-state index is 13.3. The van der Waals surface area contributed by atoms with Crippen LogP contribution >= 0.6 is 34.4 Å². The summed E-state index contributed by atoms with van der Waals surface area (Å²) in [6, 6.07) is 13.5. The van der Waals surface area contributed by atoms with Crippen LogP contribution in [0.3, 0.4) is 0 Å². The fourth-order valence-corrected chi connectivity index (χ4v) is 5.33. The molecule has 2 aromatic carbocycles. The lowest BCUT2D eigenvalue weighted by atomic mass is 10.1. The molecule has 1 heterocycles. The number of amides is 1. The maximum absolute atomic E-state index is 13.3. The Morgan fingerprint density at radius 1 is 1.24 bits per heavy atom. The number of carbonyl (C=O) groups excluding carboxylic acids is 1. The number of thioether (sulfide) groups is 1. The van der Waals surface area contributed by atoms with Crippen molar-refractivity contribution in [2.24, 2.45) is 4.99 Å². The Morgan fingerprint density at radius 2 is 1.88 bits per heavy atom. The van der Waals surface area contributed by atoms with Crippen LogP contribution in [0, 0.1) is 3.57 Å². The molecule has 0 atom stereocenters. The number of ether oxygens (including phenoxy) is 1. The number of halogens is 1. The summed E-state index contributed by atoms with van der Waals surface area (Å²) >= 11 is 3.47. The number of rotatable bonds is 4. The number of phenolic OH excluding ortho intramolecular Hbond substituents is 1. The summed E-state index contributed by atoms with van der Waals surface area (Å²) < 4.78 is 5.93. The van der Waals surface area contributed by atoms with E-state index < -0.39 is 5.97 Å². The Morgan fingerprint density at radius 3 is 2.48 bits per heavy atom. The van der Waals surface area contributed by atoms with Gasteiger partial charge in [0.2, 0.25) is 0 Å². The second-order valence-corrected chi connectivity index (χ2v) is 9.70. The molecule has 0 aromatic heterocycles. The number of aliphatic imine (C=N–C) groups is 1. The largest absolute Gasteiger partial charge is 0.504 e. The van der Waals surface area contributed by atoms with Gasteiger partial charge in [0.25, 0.3) is 11.9 Å². The van der Waals surface area contributed by atoms with Gasteiger partial charge in [-0.2, -0.15) is 0 Å². The van der Waals surface area contributed by atoms with Crippen molar-refractivity contribution in [2.45, 2.75) is 38.6 Å². The van der Waals surface area contributed by atoms with Crippen molar-refractivity contribution in [3.8, 4) is 11.5 Å². The van der Waals surface area contributed by atoms with E-state index in [9.17, 15) is 9.90 Å². The topological polar surface area (TPSA) is 99.4 Å². The van der Waals surface area contributed by atoms with Crippen molar-refractivity contribution in [1.29, 1.82) is 0 Å². The van der Waals surface area contributed by atoms with E-state index in [1.165, 1.54) is 18.9 Å². The summed E-state index contributed by atoms with van der Waals surface area (Å²) in [5.74, 6) is -0.330. The van der Waals surface area contributed by atoms with Crippen molar-refractivity contribution in [1.82, 2.24) is 4.90 Å². The molecule has 2 fully saturated rings. The van der Waals surface area contributed by atoms with Crippen LogP contribution in [-0.4, -0.2) is 45.3 Å². The first kappa shape index (κ1) is 25.1. The number of carboxylic acid groups (broad SMARTS) is 1. The summed E-state index contributed by atoms with van der Waals surface area (Å²) in [7, 11) is 1.52. The zero-order valence-electron chi connectivity index (χ0n) is 18.3. The van der Waals surface area contributed by atoms with E-state index >= 15 is 0 Å². The van der Waals surface area contributed by atoms with Gasteiger partial charge < -0.3 is 14.9 Å². The van der Waals surface area contributed by atoms with Gasteiger partial charge >= 0.3 is 0 Å². The highest BCUT2D eigenvalue weighted by Crippen LogP contribution is 2.40. The molecule has 2 N–H and O–H groups in total. The maximum Gasteiger partial charge on any atom is 0.300 e. The number of carbonyl (C=O) groups is 2. The van der Waals surface area contributed by atoms with Crippen molar-refractivity contribution < 1.29 is 24.5 Å². The molecule has 174 valence electrons. The molecule has 2 aromatic rings. The Kier molecular flexibility index (Phi) is 8.79. The van der Waals surface area contributed by atoms with Gasteiger partial charge in [-0.25, -0.2) is 4.99 Å². The number of amidine groups is 1. The lowest BCUT2D eigenvalue weighted by Crippen LogP contribution is -2.37. The van der Waals surface area contributed by atoms with E-state index in [1.54, 1.807) is 6.07 Å². The average molecular weight is 580 g/mol. The van der Waals surface area contributed by atoms with Crippen LogP contribution in [0.1, 0.15) is 38.2 Å². The number of para-hydroxylation sites is 1. The lowest BCUT2D eigenvalue weighted by molar-refractivity contribution is -0.134. The van der Waals surface area contributed by atoms with Gasteiger partial charge in [0.1, 0.15) is 0 Å². The van der Waals surface area contributed by atoms with Crippen LogP contribution in [0.4, 0.5) is 5.69 Å². The van der Waals surface area contributed by atoms with E-state index in [2.05, 4.69) is 22.6 Å². The Balaban J connectivity index is 0.000000709. The molecule has 1 aliphatic heterocycles. The van der Waals surface area contributed by atoms with Crippen LogP contribution in [0.5, 0.6) is 11.5 Å². The molecule has 1 saturated heterocycles. The van der Waals surface area contributed by atoms with E-state index in [1.807, 2.05) is 47.4 Å². The number of carboxylic acids is 1. The number of nitrogens with zero attached hydrogens (tertiary/aromatic N) is 2. The SMILES string of the molecule is CC(=O)O.COc1cc(/C=C2/SC(=Nc3ccccc3)N(C3CCCC3)C2=O)cc(I)c1O. The molecule has 1 saturated carbocycles. The zero-order chi connectivity index (χ0) is 24.0. The van der Waals surface area contributed by atoms with Gasteiger partial charge in [0.05, 0.1) is 21.3 Å². The average Bonchev–Trinajstić information content (AvgIpc) is 3.39. The molecule has 1 amide bonds. The number of benzene rings is 2. The summed E-state index contributed by atoms with van der Waals surface area (Å²) in [5, 5.41) is 18.2. The molecule has 0 radical (unpaired) electrons. The molecule has 0 bridgehead atoms. The molecular weight excluding hydrogens is 555 g/mol. The van der Waals surface area contributed by atoms with Gasteiger partial charge in [-0.05, 0) is 83.1 Å². The highest BCUT2D eigenvalue weighted by Gasteiger charge is 2.39. The summed E-state index contributed by atoms with van der Waals surface area (Å²) in [4.78, 5) is 29.6. The summed E-state index contributed by atoms with van der Waals surface area (Å²) in [5.41, 5.74) is 1.65. The summed E-state index contributed by atoms with van der Waals surface area (Å²) in [6.45, 7) is 1.08. The van der Waals surface area contributed by atoms with Crippen LogP contribution in [0.2, 0.25) is 0 Å². The number of aliphatic carboxylic acids is 1. The first-order valence-electron chi connectivity index (χ1n) is 10.4. The van der Waals surface area contributed by atoms with E-state index in [4.69, 9.17) is 19.6 Å². The number of hydrogen-bond donors (Lipinski definition) is 2. The number of aromatic hydroxyl groups is 1. The number of hydrogen-bond acceptors (Lipinski definition) is 6. The van der Waals surface area contributed by atoms with Crippen LogP contribution in [-0.2, 0) is 9.59 Å². The van der Waals surface area contributed by atoms with Crippen molar-refractivity contribution in [3.05, 3.63) is 56.5 Å². The van der Waals surface area contributed by atoms with E-state index in [-0.39, 0.29) is 17.7 Å². The molecule has 33 heavy (non-hydrogen) atoms. The lowest BCUT2D eigenvalue weighted by Gasteiger charge is -2.22. The minimum atomic E-state index is -0.833. The third-order valence-electron chi connectivity index (χ3n) is 5.08. The van der Waals surface area contributed by atoms with Gasteiger partial charge in [-0.15, -0.1) is 0 Å². The predicted molar refractivity (Wildman–Crippen MR) is 139 cm³/mol. The van der Waals surface area contributed by atoms with Gasteiger partial charge in [-0.1, -0.05) is 31.0 Å². The molecule has 4 rings (SSSR count). The van der Waals surface area contributed by atoms with Crippen LogP contribution in [0.15, 0.2) is 52.4 Å². The molecule has 0 spiro atoms. The molecule has 0 unspecified atom stereocenters. The predicted octanol–water partition coefficient (Wildman–Crippen LogP) is 5.64. The van der Waals surface area contributed by atoms with Crippen molar-refractivity contribution >= 4 is 63.2 Å². The highest BCUT2D eigenvalue weighted by molar-refractivity contribution is 14.1. The quantitative estimate of drug-likeness (QED) is 0.359. The molecule has 2 aliphatic rings. The minimum absolute atomic E-state index is 0.00127. The summed E-state index contributed by atoms with van der Waals surface area (Å²) in [6.07, 6.45) is 6.16. The van der Waals surface area contributed by atoms with Crippen molar-refractivity contribution in [3.63, 3.8) is 0 Å². The van der Waals surface area contributed by atoms with E-state index in [0.717, 1.165) is 49.0 Å². The molecule has 7 nitrogen and oxygen atoms in total. The number of phenols is 1. The smallest absolute Gasteiger partial charge is 0.300 e. The molecular formula is C24H25IN2O5S. The second-order valence-electron chi connectivity index (χ2n) is 7.53. The Hall–Kier alpha value is -2.53. The van der Waals surface area contributed by atoms with E-state index in [0.29, 0.717) is 14.2 Å². The molecule has 1 aliphatic carbocycles. The van der Waals surface area contributed by atoms with Gasteiger partial charge in [0, 0.05) is 13.0 Å². The minimum Gasteiger partial charge on any atom is -0.504 e. The Bertz CT molecular complexity index is 1080. The first-order valence-corrected chi connectivity index (χ1v) is 12.3. The molecule has 9 heteroatoms. The zero-order valence-corrected chi connectivity index (χ0v) is 21.3. The first-order chi connectivity index (χ1) is 15.8. The number of methoxy groups -OCH3 is 1.